The number of rotatable bonds is 4. The Morgan fingerprint density at radius 3 is 2.28 bits per heavy atom. The third-order valence-electron chi connectivity index (χ3n) is 4.01. The lowest BCUT2D eigenvalue weighted by molar-refractivity contribution is 0.346. The predicted octanol–water partition coefficient (Wildman–Crippen LogP) is 2.41. The summed E-state index contributed by atoms with van der Waals surface area (Å²) >= 11 is 0. The van der Waals surface area contributed by atoms with Crippen molar-refractivity contribution in [1.82, 2.24) is 4.31 Å². The molecule has 1 fully saturated rings. The Morgan fingerprint density at radius 2 is 1.72 bits per heavy atom. The van der Waals surface area contributed by atoms with Gasteiger partial charge in [-0.25, -0.2) is 8.42 Å². The largest absolute Gasteiger partial charge is 0.345 e. The quantitative estimate of drug-likeness (QED) is 0.828. The van der Waals surface area contributed by atoms with Gasteiger partial charge in [0.15, 0.2) is 5.57 Å². The van der Waals surface area contributed by atoms with Crippen molar-refractivity contribution in [2.45, 2.75) is 31.1 Å². The second kappa shape index (κ2) is 7.81. The first-order valence-electron chi connectivity index (χ1n) is 7.76. The highest BCUT2D eigenvalue weighted by Crippen LogP contribution is 2.26. The molecule has 1 aromatic rings. The maximum Gasteiger partial charge on any atom is 0.243 e. The van der Waals surface area contributed by atoms with Crippen molar-refractivity contribution in [1.29, 1.82) is 15.8 Å². The molecule has 0 aliphatic carbocycles. The number of nitriles is 3. The molecule has 128 valence electrons. The molecule has 0 bridgehead atoms. The smallest absolute Gasteiger partial charge is 0.243 e. The highest BCUT2D eigenvalue weighted by atomic mass is 32.2. The van der Waals surface area contributed by atoms with Crippen LogP contribution in [0.2, 0.25) is 0 Å². The van der Waals surface area contributed by atoms with Gasteiger partial charge >= 0.3 is 0 Å². The first kappa shape index (κ1) is 18.5. The summed E-state index contributed by atoms with van der Waals surface area (Å²) in [6.07, 6.45) is 2.70. The minimum Gasteiger partial charge on any atom is -0.345 e. The van der Waals surface area contributed by atoms with E-state index in [1.54, 1.807) is 31.2 Å². The average molecular weight is 355 g/mol. The van der Waals surface area contributed by atoms with Crippen LogP contribution in [0, 0.1) is 40.9 Å². The monoisotopic (exact) mass is 355 g/mol. The number of hydrogen-bond acceptors (Lipinski definition) is 6. The Bertz CT molecular complexity index is 907. The van der Waals surface area contributed by atoms with Crippen LogP contribution in [0.1, 0.15) is 24.8 Å². The molecule has 2 rings (SSSR count). The van der Waals surface area contributed by atoms with Gasteiger partial charge in [-0.1, -0.05) is 12.5 Å². The van der Waals surface area contributed by atoms with E-state index in [-0.39, 0.29) is 16.2 Å². The minimum absolute atomic E-state index is 0.121. The fourth-order valence-corrected chi connectivity index (χ4v) is 4.11. The summed E-state index contributed by atoms with van der Waals surface area (Å²) in [6.45, 7) is 2.73. The molecule has 0 unspecified atom stereocenters. The fourth-order valence-electron chi connectivity index (χ4n) is 2.57. The van der Waals surface area contributed by atoms with Crippen LogP contribution in [-0.4, -0.2) is 25.8 Å². The van der Waals surface area contributed by atoms with Crippen molar-refractivity contribution in [2.75, 3.05) is 18.4 Å². The lowest BCUT2D eigenvalue weighted by Crippen LogP contribution is -2.35. The molecule has 0 radical (unpaired) electrons. The standard InChI is InChI=1S/C17H17N5O2S/c1-13-5-6-15(25(23,24)22-7-3-2-4-8-22)9-16(13)21-17(12-20)14(10-18)11-19/h5-6,9,21H,2-4,7-8H2,1H3. The van der Waals surface area contributed by atoms with E-state index in [9.17, 15) is 8.42 Å². The van der Waals surface area contributed by atoms with Crippen LogP contribution in [0.25, 0.3) is 0 Å². The Balaban J connectivity index is 2.42. The lowest BCUT2D eigenvalue weighted by Gasteiger charge is -2.26. The minimum atomic E-state index is -3.61. The van der Waals surface area contributed by atoms with E-state index in [0.717, 1.165) is 19.3 Å². The maximum atomic E-state index is 12.8. The third-order valence-corrected chi connectivity index (χ3v) is 5.90. The normalized spacial score (nSPS) is 14.6. The Hall–Kier alpha value is -2.86. The second-order valence-corrected chi connectivity index (χ2v) is 7.59. The van der Waals surface area contributed by atoms with Crippen LogP contribution in [0.15, 0.2) is 34.4 Å². The Morgan fingerprint density at radius 1 is 1.08 bits per heavy atom. The van der Waals surface area contributed by atoms with Crippen molar-refractivity contribution in [3.8, 4) is 18.2 Å². The van der Waals surface area contributed by atoms with Crippen molar-refractivity contribution in [2.24, 2.45) is 0 Å². The second-order valence-electron chi connectivity index (χ2n) is 5.65. The molecule has 1 aliphatic heterocycles. The summed E-state index contributed by atoms with van der Waals surface area (Å²) < 4.78 is 27.0. The molecular weight excluding hydrogens is 338 g/mol. The predicted molar refractivity (Wildman–Crippen MR) is 91.3 cm³/mol. The molecule has 0 saturated carbocycles. The summed E-state index contributed by atoms with van der Waals surface area (Å²) in [5.41, 5.74) is 0.505. The summed E-state index contributed by atoms with van der Waals surface area (Å²) in [5, 5.41) is 29.7. The van der Waals surface area contributed by atoms with Gasteiger partial charge in [-0.2, -0.15) is 20.1 Å². The van der Waals surface area contributed by atoms with Gasteiger partial charge in [0.25, 0.3) is 0 Å². The number of allylic oxidation sites excluding steroid dienone is 2. The average Bonchev–Trinajstić information content (AvgIpc) is 2.63. The van der Waals surface area contributed by atoms with Gasteiger partial charge in [-0.05, 0) is 37.5 Å². The fraction of sp³-hybridized carbons (Fsp3) is 0.353. The number of nitrogens with zero attached hydrogens (tertiary/aromatic N) is 4. The first-order chi connectivity index (χ1) is 11.9. The van der Waals surface area contributed by atoms with Crippen molar-refractivity contribution < 1.29 is 8.42 Å². The number of sulfonamides is 1. The third kappa shape index (κ3) is 3.97. The molecular formula is C17H17N5O2S. The van der Waals surface area contributed by atoms with Gasteiger partial charge < -0.3 is 5.32 Å². The zero-order valence-electron chi connectivity index (χ0n) is 13.8. The van der Waals surface area contributed by atoms with Crippen LogP contribution in [0.4, 0.5) is 5.69 Å². The van der Waals surface area contributed by atoms with Gasteiger partial charge in [-0.15, -0.1) is 0 Å². The highest BCUT2D eigenvalue weighted by molar-refractivity contribution is 7.89. The summed E-state index contributed by atoms with van der Waals surface area (Å²) in [4.78, 5) is 0.121. The van der Waals surface area contributed by atoms with Crippen molar-refractivity contribution in [3.05, 3.63) is 35.0 Å². The van der Waals surface area contributed by atoms with Crippen molar-refractivity contribution >= 4 is 15.7 Å². The highest BCUT2D eigenvalue weighted by Gasteiger charge is 2.26. The van der Waals surface area contributed by atoms with Gasteiger partial charge in [0.05, 0.1) is 4.90 Å². The van der Waals surface area contributed by atoms with E-state index >= 15 is 0 Å². The van der Waals surface area contributed by atoms with Crippen LogP contribution < -0.4 is 5.32 Å². The molecule has 25 heavy (non-hydrogen) atoms. The zero-order valence-corrected chi connectivity index (χ0v) is 14.6. The number of piperidine rings is 1. The number of nitrogens with one attached hydrogen (secondary N) is 1. The molecule has 1 heterocycles. The molecule has 1 saturated heterocycles. The summed E-state index contributed by atoms with van der Waals surface area (Å²) in [6, 6.07) is 9.65. The molecule has 0 amide bonds. The number of aryl methyl sites for hydroxylation is 1. The maximum absolute atomic E-state index is 12.8. The first-order valence-corrected chi connectivity index (χ1v) is 9.20. The van der Waals surface area contributed by atoms with Gasteiger partial charge in [0, 0.05) is 18.8 Å². The molecule has 1 N–H and O–H groups in total. The SMILES string of the molecule is Cc1ccc(S(=O)(=O)N2CCCCC2)cc1NC(C#N)=C(C#N)C#N. The van der Waals surface area contributed by atoms with E-state index in [0.29, 0.717) is 24.3 Å². The number of benzene rings is 1. The van der Waals surface area contributed by atoms with Gasteiger partial charge in [0.2, 0.25) is 10.0 Å². The van der Waals surface area contributed by atoms with Crippen LogP contribution >= 0.6 is 0 Å². The van der Waals surface area contributed by atoms with Crippen LogP contribution in [0.3, 0.4) is 0 Å². The van der Waals surface area contributed by atoms with E-state index in [1.165, 1.54) is 16.4 Å². The Kier molecular flexibility index (Phi) is 5.77. The molecule has 0 aromatic heterocycles. The van der Waals surface area contributed by atoms with E-state index in [4.69, 9.17) is 15.8 Å². The zero-order chi connectivity index (χ0) is 18.4. The summed E-state index contributed by atoms with van der Waals surface area (Å²) in [5.74, 6) is 0. The Labute approximate surface area is 147 Å². The molecule has 0 atom stereocenters. The van der Waals surface area contributed by atoms with E-state index in [1.807, 2.05) is 0 Å². The molecule has 8 heteroatoms. The lowest BCUT2D eigenvalue weighted by atomic mass is 10.2. The molecule has 7 nitrogen and oxygen atoms in total. The van der Waals surface area contributed by atoms with Gasteiger partial charge in [0.1, 0.15) is 23.9 Å². The van der Waals surface area contributed by atoms with Crippen LogP contribution in [0.5, 0.6) is 0 Å². The topological polar surface area (TPSA) is 121 Å². The summed E-state index contributed by atoms with van der Waals surface area (Å²) in [7, 11) is -3.61. The van der Waals surface area contributed by atoms with E-state index < -0.39 is 10.0 Å². The van der Waals surface area contributed by atoms with Crippen LogP contribution in [-0.2, 0) is 10.0 Å². The molecule has 1 aromatic carbocycles. The van der Waals surface area contributed by atoms with Gasteiger partial charge in [-0.3, -0.25) is 0 Å². The van der Waals surface area contributed by atoms with E-state index in [2.05, 4.69) is 5.32 Å². The molecule has 0 spiro atoms. The molecule has 1 aliphatic rings. The van der Waals surface area contributed by atoms with Crippen molar-refractivity contribution in [3.63, 3.8) is 0 Å². The number of anilines is 1. The number of hydrogen-bond donors (Lipinski definition) is 1.